The van der Waals surface area contributed by atoms with E-state index in [4.69, 9.17) is 24.5 Å². The van der Waals surface area contributed by atoms with Crippen LogP contribution in [0, 0.1) is 5.92 Å². The Balaban J connectivity index is 1.67. The molecule has 7 heteroatoms. The van der Waals surface area contributed by atoms with Gasteiger partial charge in [0.05, 0.1) is 25.9 Å². The maximum absolute atomic E-state index is 8.84. The van der Waals surface area contributed by atoms with Crippen molar-refractivity contribution in [3.05, 3.63) is 52.9 Å². The van der Waals surface area contributed by atoms with Crippen LogP contribution >= 0.6 is 0 Å². The van der Waals surface area contributed by atoms with Crippen LogP contribution in [0.3, 0.4) is 0 Å². The van der Waals surface area contributed by atoms with Gasteiger partial charge in [0.1, 0.15) is 11.9 Å². The van der Waals surface area contributed by atoms with Crippen LogP contribution in [0.2, 0.25) is 0 Å². The molecule has 1 saturated heterocycles. The first-order valence-corrected chi connectivity index (χ1v) is 9.71. The average molecular weight is 387 g/mol. The molecule has 0 unspecified atom stereocenters. The molecule has 3 rings (SSSR count). The highest BCUT2D eigenvalue weighted by molar-refractivity contribution is 5.26. The van der Waals surface area contributed by atoms with Gasteiger partial charge in [0.2, 0.25) is 0 Å². The number of hydrogen-bond donors (Lipinski definition) is 0. The lowest BCUT2D eigenvalue weighted by molar-refractivity contribution is -0.172. The standard InChI is InChI=1S/C21H29N3O4/c1-5-6-16(23-24-22)11-15-12-18(20-19(15)27-21(2,3)28-20)26-13-14-7-9-17(25-4)10-8-14/h5,7-10,15-16,18-20H,1,6,11-13H2,2-4H3/t15-,16-,18-,19+,20-/m0/s1. The molecule has 1 heterocycles. The van der Waals surface area contributed by atoms with Gasteiger partial charge >= 0.3 is 0 Å². The van der Waals surface area contributed by atoms with E-state index < -0.39 is 5.79 Å². The molecule has 0 N–H and O–H groups in total. The molecule has 0 spiro atoms. The lowest BCUT2D eigenvalue weighted by Gasteiger charge is -2.24. The van der Waals surface area contributed by atoms with Gasteiger partial charge in [-0.3, -0.25) is 0 Å². The molecule has 0 radical (unpaired) electrons. The summed E-state index contributed by atoms with van der Waals surface area (Å²) in [5, 5.41) is 3.92. The van der Waals surface area contributed by atoms with Gasteiger partial charge in [-0.25, -0.2) is 0 Å². The number of benzene rings is 1. The first-order chi connectivity index (χ1) is 13.5. The Bertz CT molecular complexity index is 715. The van der Waals surface area contributed by atoms with Crippen LogP contribution in [0.1, 0.15) is 38.7 Å². The number of azide groups is 1. The minimum Gasteiger partial charge on any atom is -0.497 e. The Morgan fingerprint density at radius 2 is 2.04 bits per heavy atom. The highest BCUT2D eigenvalue weighted by Crippen LogP contribution is 2.45. The van der Waals surface area contributed by atoms with Gasteiger partial charge in [0.15, 0.2) is 5.79 Å². The fourth-order valence-corrected chi connectivity index (χ4v) is 4.16. The lowest BCUT2D eigenvalue weighted by atomic mass is 9.95. The predicted octanol–water partition coefficient (Wildman–Crippen LogP) is 4.77. The Morgan fingerprint density at radius 3 is 2.68 bits per heavy atom. The fourth-order valence-electron chi connectivity index (χ4n) is 4.16. The van der Waals surface area contributed by atoms with E-state index in [2.05, 4.69) is 16.6 Å². The molecular weight excluding hydrogens is 358 g/mol. The summed E-state index contributed by atoms with van der Waals surface area (Å²) in [4.78, 5) is 2.98. The molecule has 1 aromatic rings. The molecule has 0 bridgehead atoms. The minimum atomic E-state index is -0.637. The Morgan fingerprint density at radius 1 is 1.32 bits per heavy atom. The van der Waals surface area contributed by atoms with Crippen molar-refractivity contribution in [1.82, 2.24) is 0 Å². The van der Waals surface area contributed by atoms with Gasteiger partial charge in [-0.05, 0) is 62.3 Å². The van der Waals surface area contributed by atoms with Crippen LogP contribution in [0.15, 0.2) is 42.0 Å². The average Bonchev–Trinajstić information content (AvgIpc) is 3.14. The van der Waals surface area contributed by atoms with Gasteiger partial charge in [-0.2, -0.15) is 0 Å². The first kappa shape index (κ1) is 20.7. The Hall–Kier alpha value is -2.05. The molecule has 2 fully saturated rings. The predicted molar refractivity (Wildman–Crippen MR) is 106 cm³/mol. The van der Waals surface area contributed by atoms with Crippen LogP contribution in [-0.2, 0) is 20.8 Å². The van der Waals surface area contributed by atoms with Gasteiger partial charge in [0, 0.05) is 11.0 Å². The van der Waals surface area contributed by atoms with Crippen LogP contribution in [-0.4, -0.2) is 37.3 Å². The maximum atomic E-state index is 8.84. The Labute approximate surface area is 166 Å². The summed E-state index contributed by atoms with van der Waals surface area (Å²) < 4.78 is 23.8. The fraction of sp³-hybridized carbons (Fsp3) is 0.619. The van der Waals surface area contributed by atoms with E-state index in [-0.39, 0.29) is 30.3 Å². The zero-order valence-electron chi connectivity index (χ0n) is 16.8. The zero-order valence-corrected chi connectivity index (χ0v) is 16.8. The zero-order chi connectivity index (χ0) is 20.1. The highest BCUT2D eigenvalue weighted by Gasteiger charge is 2.54. The molecule has 28 heavy (non-hydrogen) atoms. The normalized spacial score (nSPS) is 29.0. The number of fused-ring (bicyclic) bond motifs is 1. The van der Waals surface area contributed by atoms with E-state index in [9.17, 15) is 0 Å². The summed E-state index contributed by atoms with van der Waals surface area (Å²) in [6.45, 7) is 8.12. The number of nitrogens with zero attached hydrogens (tertiary/aromatic N) is 3. The number of methoxy groups -OCH3 is 1. The second kappa shape index (κ2) is 8.97. The quantitative estimate of drug-likeness (QED) is 0.264. The van der Waals surface area contributed by atoms with Crippen molar-refractivity contribution < 1.29 is 18.9 Å². The minimum absolute atomic E-state index is 0.0583. The summed E-state index contributed by atoms with van der Waals surface area (Å²) >= 11 is 0. The molecule has 0 amide bonds. The van der Waals surface area contributed by atoms with E-state index in [1.165, 1.54) is 0 Å². The van der Waals surface area contributed by atoms with Crippen LogP contribution in [0.5, 0.6) is 5.75 Å². The third-order valence-electron chi connectivity index (χ3n) is 5.38. The van der Waals surface area contributed by atoms with Crippen LogP contribution in [0.4, 0.5) is 0 Å². The van der Waals surface area contributed by atoms with E-state index in [1.807, 2.05) is 38.1 Å². The van der Waals surface area contributed by atoms with Gasteiger partial charge in [0.25, 0.3) is 0 Å². The molecule has 1 aliphatic heterocycles. The summed E-state index contributed by atoms with van der Waals surface area (Å²) in [5.41, 5.74) is 9.92. The van der Waals surface area contributed by atoms with Crippen molar-refractivity contribution in [2.24, 2.45) is 11.0 Å². The number of ether oxygens (including phenoxy) is 4. The van der Waals surface area contributed by atoms with Crippen molar-refractivity contribution >= 4 is 0 Å². The van der Waals surface area contributed by atoms with Crippen LogP contribution in [0.25, 0.3) is 10.4 Å². The highest BCUT2D eigenvalue weighted by atomic mass is 16.8. The molecule has 1 saturated carbocycles. The maximum Gasteiger partial charge on any atom is 0.163 e. The number of rotatable bonds is 9. The van der Waals surface area contributed by atoms with Gasteiger partial charge in [-0.1, -0.05) is 23.3 Å². The molecule has 1 aliphatic carbocycles. The third-order valence-corrected chi connectivity index (χ3v) is 5.38. The molecule has 5 atom stereocenters. The molecule has 2 aliphatic rings. The van der Waals surface area contributed by atoms with Crippen molar-refractivity contribution in [3.8, 4) is 5.75 Å². The second-order valence-electron chi connectivity index (χ2n) is 7.88. The molecule has 0 aromatic heterocycles. The van der Waals surface area contributed by atoms with Crippen molar-refractivity contribution in [3.63, 3.8) is 0 Å². The molecular formula is C21H29N3O4. The third kappa shape index (κ3) is 4.86. The smallest absolute Gasteiger partial charge is 0.163 e. The van der Waals surface area contributed by atoms with E-state index in [1.54, 1.807) is 13.2 Å². The van der Waals surface area contributed by atoms with Gasteiger partial charge in [-0.15, -0.1) is 6.58 Å². The summed E-state index contributed by atoms with van der Waals surface area (Å²) in [6.07, 6.45) is 3.76. The Kier molecular flexibility index (Phi) is 6.62. The lowest BCUT2D eigenvalue weighted by Crippen LogP contribution is -2.30. The largest absolute Gasteiger partial charge is 0.497 e. The van der Waals surface area contributed by atoms with Crippen molar-refractivity contribution in [2.45, 2.75) is 69.9 Å². The van der Waals surface area contributed by atoms with E-state index in [0.717, 1.165) is 24.2 Å². The topological polar surface area (TPSA) is 85.7 Å². The first-order valence-electron chi connectivity index (χ1n) is 9.71. The summed E-state index contributed by atoms with van der Waals surface area (Å²) in [5.74, 6) is 0.399. The SMILES string of the molecule is C=CC[C@@H](C[C@H]1C[C@H](OCc2ccc(OC)cc2)[C@@H]2OC(C)(C)O[C@H]12)N=[N+]=[N-]. The molecule has 1 aromatic carbocycles. The van der Waals surface area contributed by atoms with E-state index in [0.29, 0.717) is 13.0 Å². The monoisotopic (exact) mass is 387 g/mol. The summed E-state index contributed by atoms with van der Waals surface area (Å²) in [6, 6.07) is 7.73. The second-order valence-corrected chi connectivity index (χ2v) is 7.88. The molecule has 152 valence electrons. The number of hydrogen-bond acceptors (Lipinski definition) is 5. The van der Waals surface area contributed by atoms with Crippen molar-refractivity contribution in [2.75, 3.05) is 7.11 Å². The van der Waals surface area contributed by atoms with E-state index >= 15 is 0 Å². The summed E-state index contributed by atoms with van der Waals surface area (Å²) in [7, 11) is 1.65. The molecule has 7 nitrogen and oxygen atoms in total. The van der Waals surface area contributed by atoms with Crippen LogP contribution < -0.4 is 4.74 Å². The van der Waals surface area contributed by atoms with Gasteiger partial charge < -0.3 is 18.9 Å². The van der Waals surface area contributed by atoms with Crippen molar-refractivity contribution in [1.29, 1.82) is 0 Å².